The van der Waals surface area contributed by atoms with E-state index in [0.717, 1.165) is 38.5 Å². The van der Waals surface area contributed by atoms with Crippen molar-refractivity contribution in [2.45, 2.75) is 109 Å². The number of hydrogen-bond acceptors (Lipinski definition) is 2. The first-order valence-corrected chi connectivity index (χ1v) is 15.7. The highest BCUT2D eigenvalue weighted by Gasteiger charge is 2.44. The first-order valence-electron chi connectivity index (χ1n) is 15.7. The van der Waals surface area contributed by atoms with E-state index in [1.165, 1.54) is 12.1 Å². The lowest BCUT2D eigenvalue weighted by Crippen LogP contribution is -2.37. The van der Waals surface area contributed by atoms with Gasteiger partial charge in [-0.2, -0.15) is 8.78 Å². The number of aryl methyl sites for hydroxylation is 1. The van der Waals surface area contributed by atoms with E-state index in [2.05, 4.69) is 22.5 Å². The Kier molecular flexibility index (Phi) is 11.8. The Bertz CT molecular complexity index is 1250. The second-order valence-corrected chi connectivity index (χ2v) is 12.3. The predicted molar refractivity (Wildman–Crippen MR) is 152 cm³/mol. The van der Waals surface area contributed by atoms with Crippen molar-refractivity contribution in [3.8, 4) is 11.5 Å². The number of benzene rings is 2. The smallest absolute Gasteiger partial charge is 0.432 e. The maximum absolute atomic E-state index is 14.9. The van der Waals surface area contributed by atoms with Gasteiger partial charge in [-0.3, -0.25) is 0 Å². The third kappa shape index (κ3) is 9.82. The average Bonchev–Trinajstić information content (AvgIpc) is 2.96. The molecule has 0 heterocycles. The lowest BCUT2D eigenvalue weighted by atomic mass is 9.76. The molecule has 0 spiro atoms. The number of unbranched alkanes of at least 4 members (excludes halogenated alkanes) is 3. The molecule has 0 radical (unpaired) electrons. The summed E-state index contributed by atoms with van der Waals surface area (Å²) in [7, 11) is 0. The van der Waals surface area contributed by atoms with Crippen LogP contribution in [0.4, 0.5) is 39.5 Å². The number of allylic oxidation sites excluding steroid dienone is 2. The molecule has 4 rings (SSSR count). The summed E-state index contributed by atoms with van der Waals surface area (Å²) in [6, 6.07) is 3.41. The van der Waals surface area contributed by atoms with Gasteiger partial charge < -0.3 is 9.47 Å². The fourth-order valence-electron chi connectivity index (χ4n) is 6.54. The Balaban J connectivity index is 1.24. The first-order chi connectivity index (χ1) is 21.3. The van der Waals surface area contributed by atoms with Crippen LogP contribution in [0.3, 0.4) is 0 Å². The van der Waals surface area contributed by atoms with Gasteiger partial charge in [-0.15, -0.1) is 13.2 Å². The van der Waals surface area contributed by atoms with Gasteiger partial charge in [-0.05, 0) is 99.7 Å². The third-order valence-electron chi connectivity index (χ3n) is 8.98. The maximum Gasteiger partial charge on any atom is 0.573 e. The van der Waals surface area contributed by atoms with Crippen LogP contribution in [0.25, 0.3) is 0 Å². The third-order valence-corrected chi connectivity index (χ3v) is 8.98. The molecule has 0 unspecified atom stereocenters. The fourth-order valence-corrected chi connectivity index (χ4v) is 6.54. The molecule has 0 aromatic heterocycles. The minimum absolute atomic E-state index is 0.0447. The minimum Gasteiger partial charge on any atom is -0.432 e. The van der Waals surface area contributed by atoms with Crippen LogP contribution in [0, 0.1) is 41.0 Å². The molecular formula is C34H39F9O2. The number of hydrogen-bond donors (Lipinski definition) is 0. The topological polar surface area (TPSA) is 18.5 Å². The monoisotopic (exact) mass is 650 g/mol. The molecule has 2 nitrogen and oxygen atoms in total. The highest BCUT2D eigenvalue weighted by Crippen LogP contribution is 2.43. The van der Waals surface area contributed by atoms with Gasteiger partial charge in [-0.1, -0.05) is 38.3 Å². The van der Waals surface area contributed by atoms with Crippen molar-refractivity contribution < 1.29 is 49.0 Å². The molecule has 2 aromatic rings. The molecule has 2 aromatic carbocycles. The lowest BCUT2D eigenvalue weighted by Gasteiger charge is -2.33. The SMILES string of the molecule is CCCCCCc1cc(F)c(C2CCC(/C=C/C3CCC(C(F)(F)Oc4cc(F)c(OC(F)(F)F)c(F)c4)CC3)CC2)c(F)c1. The molecule has 0 amide bonds. The van der Waals surface area contributed by atoms with Gasteiger partial charge in [0.05, 0.1) is 5.92 Å². The van der Waals surface area contributed by atoms with Gasteiger partial charge in [0, 0.05) is 17.7 Å². The number of rotatable bonds is 12. The van der Waals surface area contributed by atoms with E-state index in [0.29, 0.717) is 37.7 Å². The molecule has 0 bridgehead atoms. The van der Waals surface area contributed by atoms with Crippen molar-refractivity contribution in [3.05, 3.63) is 70.8 Å². The molecule has 0 saturated heterocycles. The first kappa shape index (κ1) is 35.0. The molecule has 45 heavy (non-hydrogen) atoms. The fraction of sp³-hybridized carbons (Fsp3) is 0.588. The summed E-state index contributed by atoms with van der Waals surface area (Å²) in [4.78, 5) is 0. The summed E-state index contributed by atoms with van der Waals surface area (Å²) >= 11 is 0. The van der Waals surface area contributed by atoms with E-state index in [1.807, 2.05) is 6.08 Å². The van der Waals surface area contributed by atoms with Crippen LogP contribution in [-0.4, -0.2) is 12.5 Å². The number of alkyl halides is 5. The Morgan fingerprint density at radius 1 is 0.667 bits per heavy atom. The van der Waals surface area contributed by atoms with E-state index < -0.39 is 53.2 Å². The number of ether oxygens (including phenoxy) is 2. The Labute approximate surface area is 258 Å². The zero-order valence-corrected chi connectivity index (χ0v) is 25.2. The van der Waals surface area contributed by atoms with Crippen LogP contribution in [0.5, 0.6) is 11.5 Å². The Morgan fingerprint density at radius 3 is 1.71 bits per heavy atom. The quantitative estimate of drug-likeness (QED) is 0.129. The minimum atomic E-state index is -5.36. The van der Waals surface area contributed by atoms with Crippen LogP contribution < -0.4 is 9.47 Å². The second kappa shape index (κ2) is 15.2. The Morgan fingerprint density at radius 2 is 1.20 bits per heavy atom. The van der Waals surface area contributed by atoms with Crippen molar-refractivity contribution in [3.63, 3.8) is 0 Å². The molecule has 11 heteroatoms. The molecule has 2 saturated carbocycles. The molecular weight excluding hydrogens is 611 g/mol. The van der Waals surface area contributed by atoms with Crippen molar-refractivity contribution in [1.82, 2.24) is 0 Å². The Hall–Kier alpha value is -2.85. The van der Waals surface area contributed by atoms with Crippen LogP contribution >= 0.6 is 0 Å². The van der Waals surface area contributed by atoms with Crippen molar-refractivity contribution in [1.29, 1.82) is 0 Å². The normalized spacial score (nSPS) is 23.0. The summed E-state index contributed by atoms with van der Waals surface area (Å²) in [5.41, 5.74) is 0.865. The van der Waals surface area contributed by atoms with Gasteiger partial charge in [0.25, 0.3) is 0 Å². The standard InChI is InChI=1S/C34H39F9O2/c1-2-3-4-5-6-23-17-27(35)31(28(36)18-23)24-13-9-21(10-14-24)7-8-22-11-15-25(16-12-22)33(39,40)44-26-19-29(37)32(30(38)20-26)45-34(41,42)43/h7-8,17-22,24-25H,2-6,9-16H2,1H3/b8-7+. The van der Waals surface area contributed by atoms with E-state index >= 15 is 0 Å². The van der Waals surface area contributed by atoms with E-state index in [1.54, 1.807) is 0 Å². The van der Waals surface area contributed by atoms with Gasteiger partial charge in [0.2, 0.25) is 5.75 Å². The van der Waals surface area contributed by atoms with Crippen molar-refractivity contribution in [2.75, 3.05) is 0 Å². The van der Waals surface area contributed by atoms with E-state index in [-0.39, 0.29) is 48.3 Å². The maximum atomic E-state index is 14.9. The van der Waals surface area contributed by atoms with Crippen molar-refractivity contribution in [2.24, 2.45) is 17.8 Å². The molecule has 250 valence electrons. The number of halogens is 9. The molecule has 2 aliphatic rings. The highest BCUT2D eigenvalue weighted by atomic mass is 19.4. The van der Waals surface area contributed by atoms with Crippen LogP contribution in [0.2, 0.25) is 0 Å². The summed E-state index contributed by atoms with van der Waals surface area (Å²) in [5, 5.41) is 0. The molecule has 0 atom stereocenters. The van der Waals surface area contributed by atoms with Gasteiger partial charge in [0.15, 0.2) is 11.6 Å². The van der Waals surface area contributed by atoms with Crippen LogP contribution in [0.1, 0.15) is 101 Å². The van der Waals surface area contributed by atoms with Crippen LogP contribution in [-0.2, 0) is 6.42 Å². The van der Waals surface area contributed by atoms with Crippen LogP contribution in [0.15, 0.2) is 36.4 Å². The predicted octanol–water partition coefficient (Wildman–Crippen LogP) is 11.6. The van der Waals surface area contributed by atoms with E-state index in [4.69, 9.17) is 0 Å². The summed E-state index contributed by atoms with van der Waals surface area (Å²) in [6.45, 7) is 2.11. The average molecular weight is 651 g/mol. The van der Waals surface area contributed by atoms with E-state index in [9.17, 15) is 39.5 Å². The molecule has 2 fully saturated rings. The zero-order valence-electron chi connectivity index (χ0n) is 25.2. The largest absolute Gasteiger partial charge is 0.573 e. The molecule has 2 aliphatic carbocycles. The van der Waals surface area contributed by atoms with Gasteiger partial charge >= 0.3 is 12.5 Å². The van der Waals surface area contributed by atoms with Crippen molar-refractivity contribution >= 4 is 0 Å². The second-order valence-electron chi connectivity index (χ2n) is 12.3. The van der Waals surface area contributed by atoms with Gasteiger partial charge in [-0.25, -0.2) is 17.6 Å². The van der Waals surface area contributed by atoms with Gasteiger partial charge in [0.1, 0.15) is 17.4 Å². The summed E-state index contributed by atoms with van der Waals surface area (Å²) in [6.07, 6.45) is 3.56. The molecule has 0 aliphatic heterocycles. The molecule has 0 N–H and O–H groups in total. The summed E-state index contributed by atoms with van der Waals surface area (Å²) in [5.74, 6) is -8.44. The summed E-state index contributed by atoms with van der Waals surface area (Å²) < 4.78 is 132. The zero-order chi connectivity index (χ0) is 32.8. The highest BCUT2D eigenvalue weighted by molar-refractivity contribution is 5.35. The lowest BCUT2D eigenvalue weighted by molar-refractivity contribution is -0.276.